The summed E-state index contributed by atoms with van der Waals surface area (Å²) in [7, 11) is 4.91. The van der Waals surface area contributed by atoms with Gasteiger partial charge in [0.25, 0.3) is 0 Å². The molecule has 0 radical (unpaired) electrons. The summed E-state index contributed by atoms with van der Waals surface area (Å²) in [5.74, 6) is 2.21. The number of hydrogen-bond acceptors (Lipinski definition) is 6. The summed E-state index contributed by atoms with van der Waals surface area (Å²) >= 11 is 0. The van der Waals surface area contributed by atoms with Crippen LogP contribution in [0.2, 0.25) is 0 Å². The molecular formula is C23H31N3O4. The molecule has 1 N–H and O–H groups in total. The van der Waals surface area contributed by atoms with Crippen LogP contribution in [0.1, 0.15) is 12.5 Å². The van der Waals surface area contributed by atoms with E-state index in [2.05, 4.69) is 21.2 Å². The zero-order valence-electron chi connectivity index (χ0n) is 18.2. The van der Waals surface area contributed by atoms with Gasteiger partial charge in [-0.25, -0.2) is 0 Å². The van der Waals surface area contributed by atoms with Crippen molar-refractivity contribution in [2.75, 3.05) is 52.8 Å². The quantitative estimate of drug-likeness (QED) is 0.718. The first-order valence-corrected chi connectivity index (χ1v) is 10.2. The normalized spacial score (nSPS) is 16.0. The Kier molecular flexibility index (Phi) is 7.54. The van der Waals surface area contributed by atoms with Gasteiger partial charge in [-0.05, 0) is 36.8 Å². The Morgan fingerprint density at radius 2 is 1.70 bits per heavy atom. The Bertz CT molecular complexity index is 850. The molecule has 7 heteroatoms. The number of carbonyl (C=O) groups is 1. The maximum atomic E-state index is 12.7. The third kappa shape index (κ3) is 5.43. The molecule has 1 aliphatic heterocycles. The van der Waals surface area contributed by atoms with E-state index in [4.69, 9.17) is 14.2 Å². The zero-order valence-corrected chi connectivity index (χ0v) is 18.2. The Morgan fingerprint density at radius 1 is 0.967 bits per heavy atom. The van der Waals surface area contributed by atoms with Crippen LogP contribution in [0.25, 0.3) is 0 Å². The lowest BCUT2D eigenvalue weighted by Gasteiger charge is -2.37. The van der Waals surface area contributed by atoms with Crippen LogP contribution in [0.5, 0.6) is 17.2 Å². The summed E-state index contributed by atoms with van der Waals surface area (Å²) in [5.41, 5.74) is 1.93. The molecule has 1 atom stereocenters. The number of carbonyl (C=O) groups excluding carboxylic acids is 1. The van der Waals surface area contributed by atoms with Crippen molar-refractivity contribution in [3.8, 4) is 17.2 Å². The highest BCUT2D eigenvalue weighted by molar-refractivity contribution is 5.94. The van der Waals surface area contributed by atoms with E-state index < -0.39 is 0 Å². The molecule has 7 nitrogen and oxygen atoms in total. The summed E-state index contributed by atoms with van der Waals surface area (Å²) in [6.45, 7) is 6.31. The number of hydrogen-bond donors (Lipinski definition) is 1. The summed E-state index contributed by atoms with van der Waals surface area (Å²) < 4.78 is 15.9. The number of anilines is 1. The molecule has 0 unspecified atom stereocenters. The second-order valence-electron chi connectivity index (χ2n) is 7.40. The fraction of sp³-hybridized carbons (Fsp3) is 0.435. The second-order valence-corrected chi connectivity index (χ2v) is 7.40. The van der Waals surface area contributed by atoms with Crippen LogP contribution in [0.3, 0.4) is 0 Å². The lowest BCUT2D eigenvalue weighted by atomic mass is 10.1. The Morgan fingerprint density at radius 3 is 2.37 bits per heavy atom. The number of amides is 1. The van der Waals surface area contributed by atoms with Gasteiger partial charge in [0.15, 0.2) is 11.5 Å². The molecule has 1 heterocycles. The smallest absolute Gasteiger partial charge is 0.241 e. The molecule has 0 bridgehead atoms. The van der Waals surface area contributed by atoms with E-state index in [1.165, 1.54) is 5.56 Å². The molecule has 1 saturated heterocycles. The zero-order chi connectivity index (χ0) is 21.5. The lowest BCUT2D eigenvalue weighted by Crippen LogP contribution is -2.52. The summed E-state index contributed by atoms with van der Waals surface area (Å²) in [5, 5.41) is 2.99. The van der Waals surface area contributed by atoms with Crippen LogP contribution in [0, 0.1) is 0 Å². The maximum absolute atomic E-state index is 12.7. The highest BCUT2D eigenvalue weighted by Crippen LogP contribution is 2.28. The molecule has 1 aliphatic rings. The highest BCUT2D eigenvalue weighted by atomic mass is 16.5. The second kappa shape index (κ2) is 10.3. The highest BCUT2D eigenvalue weighted by Gasteiger charge is 2.25. The van der Waals surface area contributed by atoms with E-state index in [1.807, 2.05) is 43.3 Å². The first kappa shape index (κ1) is 21.9. The SMILES string of the molecule is COc1cccc(NC(=O)[C@@H](C)N2CCN(Cc3ccc(OC)c(OC)c3)CC2)c1. The van der Waals surface area contributed by atoms with Crippen molar-refractivity contribution in [3.05, 3.63) is 48.0 Å². The van der Waals surface area contributed by atoms with Gasteiger partial charge in [-0.1, -0.05) is 12.1 Å². The van der Waals surface area contributed by atoms with Gasteiger partial charge in [0.1, 0.15) is 5.75 Å². The predicted octanol–water partition coefficient (Wildman–Crippen LogP) is 2.86. The molecule has 2 aromatic rings. The van der Waals surface area contributed by atoms with Crippen molar-refractivity contribution >= 4 is 11.6 Å². The summed E-state index contributed by atoms with van der Waals surface area (Å²) in [4.78, 5) is 17.3. The fourth-order valence-corrected chi connectivity index (χ4v) is 3.66. The number of nitrogens with one attached hydrogen (secondary N) is 1. The van der Waals surface area contributed by atoms with E-state index in [0.29, 0.717) is 0 Å². The van der Waals surface area contributed by atoms with Gasteiger partial charge in [-0.3, -0.25) is 14.6 Å². The van der Waals surface area contributed by atoms with Crippen molar-refractivity contribution in [2.24, 2.45) is 0 Å². The molecule has 0 aromatic heterocycles. The Balaban J connectivity index is 1.51. The lowest BCUT2D eigenvalue weighted by molar-refractivity contribution is -0.121. The standard InChI is InChI=1S/C23H31N3O4/c1-17(23(27)24-19-6-5-7-20(15-19)28-2)26-12-10-25(11-13-26)16-18-8-9-21(29-3)22(14-18)30-4/h5-9,14-15,17H,10-13,16H2,1-4H3,(H,24,27)/t17-/m1/s1. The molecule has 1 amide bonds. The molecular weight excluding hydrogens is 382 g/mol. The number of rotatable bonds is 8. The minimum absolute atomic E-state index is 0.00315. The van der Waals surface area contributed by atoms with Crippen LogP contribution >= 0.6 is 0 Å². The topological polar surface area (TPSA) is 63.3 Å². The van der Waals surface area contributed by atoms with Gasteiger partial charge in [0, 0.05) is 44.5 Å². The predicted molar refractivity (Wildman–Crippen MR) is 117 cm³/mol. The fourth-order valence-electron chi connectivity index (χ4n) is 3.66. The number of methoxy groups -OCH3 is 3. The van der Waals surface area contributed by atoms with Gasteiger partial charge >= 0.3 is 0 Å². The minimum Gasteiger partial charge on any atom is -0.497 e. The van der Waals surface area contributed by atoms with Gasteiger partial charge in [0.05, 0.1) is 27.4 Å². The largest absolute Gasteiger partial charge is 0.497 e. The molecule has 0 spiro atoms. The number of ether oxygens (including phenoxy) is 3. The molecule has 3 rings (SSSR count). The number of piperazine rings is 1. The van der Waals surface area contributed by atoms with Gasteiger partial charge < -0.3 is 19.5 Å². The molecule has 0 aliphatic carbocycles. The molecule has 162 valence electrons. The summed E-state index contributed by atoms with van der Waals surface area (Å²) in [6.07, 6.45) is 0. The van der Waals surface area contributed by atoms with E-state index in [1.54, 1.807) is 21.3 Å². The summed E-state index contributed by atoms with van der Waals surface area (Å²) in [6, 6.07) is 13.3. The van der Waals surface area contributed by atoms with Crippen molar-refractivity contribution in [3.63, 3.8) is 0 Å². The molecule has 2 aromatic carbocycles. The Hall–Kier alpha value is -2.77. The first-order valence-electron chi connectivity index (χ1n) is 10.2. The van der Waals surface area contributed by atoms with Crippen LogP contribution < -0.4 is 19.5 Å². The third-order valence-electron chi connectivity index (χ3n) is 5.53. The van der Waals surface area contributed by atoms with Crippen molar-refractivity contribution in [2.45, 2.75) is 19.5 Å². The van der Waals surface area contributed by atoms with E-state index in [-0.39, 0.29) is 11.9 Å². The van der Waals surface area contributed by atoms with Gasteiger partial charge in [-0.15, -0.1) is 0 Å². The third-order valence-corrected chi connectivity index (χ3v) is 5.53. The van der Waals surface area contributed by atoms with E-state index in [9.17, 15) is 4.79 Å². The average molecular weight is 414 g/mol. The van der Waals surface area contributed by atoms with Crippen molar-refractivity contribution in [1.29, 1.82) is 0 Å². The molecule has 30 heavy (non-hydrogen) atoms. The molecule has 0 saturated carbocycles. The van der Waals surface area contributed by atoms with Crippen molar-refractivity contribution in [1.82, 2.24) is 9.80 Å². The van der Waals surface area contributed by atoms with E-state index >= 15 is 0 Å². The minimum atomic E-state index is -0.195. The van der Waals surface area contributed by atoms with Crippen LogP contribution in [0.4, 0.5) is 5.69 Å². The van der Waals surface area contributed by atoms with Crippen molar-refractivity contribution < 1.29 is 19.0 Å². The Labute approximate surface area is 178 Å². The van der Waals surface area contributed by atoms with Gasteiger partial charge in [0.2, 0.25) is 5.91 Å². The average Bonchev–Trinajstić information content (AvgIpc) is 2.79. The first-order chi connectivity index (χ1) is 14.5. The van der Waals surface area contributed by atoms with Gasteiger partial charge in [-0.2, -0.15) is 0 Å². The van der Waals surface area contributed by atoms with E-state index in [0.717, 1.165) is 55.7 Å². The number of nitrogens with zero attached hydrogens (tertiary/aromatic N) is 2. The van der Waals surface area contributed by atoms with Crippen LogP contribution in [0.15, 0.2) is 42.5 Å². The van der Waals surface area contributed by atoms with Crippen LogP contribution in [-0.4, -0.2) is 69.3 Å². The maximum Gasteiger partial charge on any atom is 0.241 e. The molecule has 1 fully saturated rings. The monoisotopic (exact) mass is 413 g/mol. The van der Waals surface area contributed by atoms with Crippen LogP contribution in [-0.2, 0) is 11.3 Å². The number of benzene rings is 2.